The molecule has 2 aromatic rings. The lowest BCUT2D eigenvalue weighted by molar-refractivity contribution is -0.155. The van der Waals surface area contributed by atoms with Crippen LogP contribution in [0.1, 0.15) is 24.5 Å². The topological polar surface area (TPSA) is 55.8 Å². The number of anilines is 1. The third-order valence-electron chi connectivity index (χ3n) is 4.56. The van der Waals surface area contributed by atoms with Crippen molar-refractivity contribution in [1.29, 1.82) is 0 Å². The Labute approximate surface area is 153 Å². The maximum absolute atomic E-state index is 12.4. The fourth-order valence-corrected chi connectivity index (χ4v) is 3.11. The van der Waals surface area contributed by atoms with E-state index in [2.05, 4.69) is 0 Å². The zero-order valence-electron chi connectivity index (χ0n) is 15.1. The molecule has 0 bridgehead atoms. The molecule has 0 radical (unpaired) electrons. The van der Waals surface area contributed by atoms with Crippen LogP contribution in [0, 0.1) is 0 Å². The van der Waals surface area contributed by atoms with Crippen molar-refractivity contribution in [3.8, 4) is 5.75 Å². The number of carbonyl (C=O) groups is 2. The van der Waals surface area contributed by atoms with Gasteiger partial charge in [0.2, 0.25) is 0 Å². The average Bonchev–Trinajstić information content (AvgIpc) is 3.13. The number of carbonyl (C=O) groups excluding carboxylic acids is 2. The second-order valence-corrected chi connectivity index (χ2v) is 6.44. The normalized spacial score (nSPS) is 13.6. The van der Waals surface area contributed by atoms with Crippen molar-refractivity contribution in [2.75, 3.05) is 18.6 Å². The first kappa shape index (κ1) is 18.0. The minimum Gasteiger partial charge on any atom is -0.482 e. The molecular formula is C21H23NO4. The summed E-state index contributed by atoms with van der Waals surface area (Å²) in [5, 5.41) is 0. The van der Waals surface area contributed by atoms with E-state index in [1.165, 1.54) is 16.0 Å². The Morgan fingerprint density at radius 3 is 2.58 bits per heavy atom. The Morgan fingerprint density at radius 2 is 1.81 bits per heavy atom. The van der Waals surface area contributed by atoms with Crippen LogP contribution in [0.4, 0.5) is 5.69 Å². The first-order chi connectivity index (χ1) is 12.5. The van der Waals surface area contributed by atoms with Gasteiger partial charge >= 0.3 is 5.97 Å². The van der Waals surface area contributed by atoms with Crippen molar-refractivity contribution >= 4 is 17.6 Å². The first-order valence-electron chi connectivity index (χ1n) is 8.81. The lowest BCUT2D eigenvalue weighted by Gasteiger charge is -2.21. The Balaban J connectivity index is 1.50. The van der Waals surface area contributed by atoms with Gasteiger partial charge in [0.05, 0.1) is 0 Å². The number of fused-ring (bicyclic) bond motifs is 1. The molecule has 1 amide bonds. The van der Waals surface area contributed by atoms with E-state index in [1.54, 1.807) is 14.0 Å². The summed E-state index contributed by atoms with van der Waals surface area (Å²) in [5.74, 6) is -0.196. The lowest BCUT2D eigenvalue weighted by Crippen LogP contribution is -2.38. The number of ether oxygens (including phenoxy) is 2. The Hall–Kier alpha value is -2.82. The van der Waals surface area contributed by atoms with E-state index in [9.17, 15) is 9.59 Å². The van der Waals surface area contributed by atoms with Crippen molar-refractivity contribution in [3.05, 3.63) is 59.7 Å². The molecule has 0 aromatic heterocycles. The number of para-hydroxylation sites is 1. The number of benzene rings is 2. The molecule has 0 aliphatic heterocycles. The fraction of sp³-hybridized carbons (Fsp3) is 0.333. The number of hydrogen-bond acceptors (Lipinski definition) is 4. The summed E-state index contributed by atoms with van der Waals surface area (Å²) in [6.45, 7) is 1.35. The summed E-state index contributed by atoms with van der Waals surface area (Å²) in [5.41, 5.74) is 3.38. The highest BCUT2D eigenvalue weighted by Crippen LogP contribution is 2.26. The van der Waals surface area contributed by atoms with Gasteiger partial charge in [-0.05, 0) is 61.6 Å². The molecule has 5 nitrogen and oxygen atoms in total. The summed E-state index contributed by atoms with van der Waals surface area (Å²) in [6, 6.07) is 15.1. The van der Waals surface area contributed by atoms with E-state index < -0.39 is 12.1 Å². The number of aryl methyl sites for hydroxylation is 2. The molecule has 0 fully saturated rings. The van der Waals surface area contributed by atoms with Crippen molar-refractivity contribution in [3.63, 3.8) is 0 Å². The average molecular weight is 353 g/mol. The van der Waals surface area contributed by atoms with Crippen LogP contribution in [-0.2, 0) is 27.2 Å². The SMILES string of the molecule is CC(OC(=O)COc1ccc2c(c1)CCC2)C(=O)N(C)c1ccccc1. The number of nitrogens with zero attached hydrogens (tertiary/aromatic N) is 1. The number of rotatable bonds is 6. The minimum absolute atomic E-state index is 0.217. The predicted octanol–water partition coefficient (Wildman–Crippen LogP) is 3.15. The van der Waals surface area contributed by atoms with Gasteiger partial charge in [0.25, 0.3) is 5.91 Å². The van der Waals surface area contributed by atoms with Crippen molar-refractivity contribution < 1.29 is 19.1 Å². The summed E-state index contributed by atoms with van der Waals surface area (Å²) >= 11 is 0. The van der Waals surface area contributed by atoms with Crippen LogP contribution >= 0.6 is 0 Å². The third-order valence-corrected chi connectivity index (χ3v) is 4.56. The summed E-state index contributed by atoms with van der Waals surface area (Å²) in [6.07, 6.45) is 2.44. The smallest absolute Gasteiger partial charge is 0.344 e. The molecule has 0 spiro atoms. The molecule has 0 N–H and O–H groups in total. The van der Waals surface area contributed by atoms with Crippen LogP contribution in [0.15, 0.2) is 48.5 Å². The molecule has 0 saturated carbocycles. The zero-order valence-corrected chi connectivity index (χ0v) is 15.1. The van der Waals surface area contributed by atoms with Gasteiger partial charge in [0, 0.05) is 12.7 Å². The first-order valence-corrected chi connectivity index (χ1v) is 8.81. The minimum atomic E-state index is -0.878. The van der Waals surface area contributed by atoms with Gasteiger partial charge in [-0.2, -0.15) is 0 Å². The molecule has 1 aliphatic rings. The second-order valence-electron chi connectivity index (χ2n) is 6.44. The van der Waals surface area contributed by atoms with E-state index in [1.807, 2.05) is 48.5 Å². The largest absolute Gasteiger partial charge is 0.482 e. The quantitative estimate of drug-likeness (QED) is 0.749. The van der Waals surface area contributed by atoms with Crippen LogP contribution in [0.25, 0.3) is 0 Å². The molecule has 0 heterocycles. The van der Waals surface area contributed by atoms with Gasteiger partial charge in [-0.25, -0.2) is 4.79 Å². The molecule has 1 unspecified atom stereocenters. The number of likely N-dealkylation sites (N-methyl/N-ethyl adjacent to an activating group) is 1. The molecule has 2 aromatic carbocycles. The van der Waals surface area contributed by atoms with E-state index >= 15 is 0 Å². The Kier molecular flexibility index (Phi) is 5.56. The molecule has 5 heteroatoms. The Morgan fingerprint density at radius 1 is 1.08 bits per heavy atom. The van der Waals surface area contributed by atoms with E-state index in [0.717, 1.165) is 24.9 Å². The Bertz CT molecular complexity index is 788. The van der Waals surface area contributed by atoms with Gasteiger partial charge in [0.15, 0.2) is 12.7 Å². The lowest BCUT2D eigenvalue weighted by atomic mass is 10.1. The molecular weight excluding hydrogens is 330 g/mol. The highest BCUT2D eigenvalue weighted by atomic mass is 16.6. The molecule has 26 heavy (non-hydrogen) atoms. The number of hydrogen-bond donors (Lipinski definition) is 0. The fourth-order valence-electron chi connectivity index (χ4n) is 3.11. The van der Waals surface area contributed by atoms with Gasteiger partial charge in [0.1, 0.15) is 5.75 Å². The van der Waals surface area contributed by atoms with Gasteiger partial charge in [-0.3, -0.25) is 4.79 Å². The third kappa shape index (κ3) is 4.23. The second kappa shape index (κ2) is 8.04. The molecule has 1 aliphatic carbocycles. The zero-order chi connectivity index (χ0) is 18.5. The predicted molar refractivity (Wildman–Crippen MR) is 99.4 cm³/mol. The highest BCUT2D eigenvalue weighted by Gasteiger charge is 2.22. The van der Waals surface area contributed by atoms with Crippen LogP contribution < -0.4 is 9.64 Å². The van der Waals surface area contributed by atoms with E-state index in [-0.39, 0.29) is 12.5 Å². The number of amides is 1. The van der Waals surface area contributed by atoms with E-state index in [4.69, 9.17) is 9.47 Å². The van der Waals surface area contributed by atoms with Crippen molar-refractivity contribution in [1.82, 2.24) is 0 Å². The van der Waals surface area contributed by atoms with Crippen molar-refractivity contribution in [2.24, 2.45) is 0 Å². The van der Waals surface area contributed by atoms with E-state index in [0.29, 0.717) is 5.75 Å². The molecule has 3 rings (SSSR count). The molecule has 1 atom stereocenters. The highest BCUT2D eigenvalue weighted by molar-refractivity contribution is 5.96. The maximum Gasteiger partial charge on any atom is 0.344 e. The van der Waals surface area contributed by atoms with Gasteiger partial charge in [-0.15, -0.1) is 0 Å². The van der Waals surface area contributed by atoms with Crippen LogP contribution in [0.2, 0.25) is 0 Å². The van der Waals surface area contributed by atoms with Gasteiger partial charge in [-0.1, -0.05) is 24.3 Å². The van der Waals surface area contributed by atoms with Crippen LogP contribution in [-0.4, -0.2) is 31.6 Å². The van der Waals surface area contributed by atoms with Crippen LogP contribution in [0.3, 0.4) is 0 Å². The maximum atomic E-state index is 12.4. The summed E-state index contributed by atoms with van der Waals surface area (Å²) < 4.78 is 10.7. The summed E-state index contributed by atoms with van der Waals surface area (Å²) in [7, 11) is 1.66. The van der Waals surface area contributed by atoms with Crippen molar-refractivity contribution in [2.45, 2.75) is 32.3 Å². The monoisotopic (exact) mass is 353 g/mol. The summed E-state index contributed by atoms with van der Waals surface area (Å²) in [4.78, 5) is 25.9. The molecule has 136 valence electrons. The van der Waals surface area contributed by atoms with Crippen LogP contribution in [0.5, 0.6) is 5.75 Å². The number of esters is 1. The standard InChI is InChI=1S/C21H23NO4/c1-15(21(24)22(2)18-9-4-3-5-10-18)26-20(23)14-25-19-12-11-16-7-6-8-17(16)13-19/h3-5,9-13,15H,6-8,14H2,1-2H3. The van der Waals surface area contributed by atoms with Gasteiger partial charge < -0.3 is 14.4 Å². The molecule has 0 saturated heterocycles.